The molecule has 6 heteroatoms. The van der Waals surface area contributed by atoms with Crippen molar-refractivity contribution in [1.29, 1.82) is 0 Å². The molecule has 2 fully saturated rings. The van der Waals surface area contributed by atoms with Crippen molar-refractivity contribution in [3.05, 3.63) is 47.1 Å². The van der Waals surface area contributed by atoms with Crippen LogP contribution in [0.3, 0.4) is 0 Å². The second-order valence-electron chi connectivity index (χ2n) is 6.98. The molecule has 1 aromatic heterocycles. The van der Waals surface area contributed by atoms with Crippen LogP contribution in [0.5, 0.6) is 0 Å². The van der Waals surface area contributed by atoms with Gasteiger partial charge in [0.2, 0.25) is 5.89 Å². The molecule has 0 radical (unpaired) electrons. The average molecular weight is 341 g/mol. The number of hydrogen-bond acceptors (Lipinski definition) is 5. The highest BCUT2D eigenvalue weighted by molar-refractivity contribution is 5.94. The third kappa shape index (κ3) is 3.44. The van der Waals surface area contributed by atoms with E-state index in [2.05, 4.69) is 10.1 Å². The number of rotatable bonds is 3. The second-order valence-corrected chi connectivity index (χ2v) is 6.98. The summed E-state index contributed by atoms with van der Waals surface area (Å²) in [4.78, 5) is 19.2. The Morgan fingerprint density at radius 3 is 2.84 bits per heavy atom. The topological polar surface area (TPSA) is 68.5 Å². The van der Waals surface area contributed by atoms with Gasteiger partial charge in [-0.25, -0.2) is 0 Å². The molecule has 3 heterocycles. The van der Waals surface area contributed by atoms with Crippen LogP contribution in [0.25, 0.3) is 0 Å². The number of aryl methyl sites for hydroxylation is 1. The Labute approximate surface area is 147 Å². The minimum atomic E-state index is 0.0790. The summed E-state index contributed by atoms with van der Waals surface area (Å²) >= 11 is 0. The van der Waals surface area contributed by atoms with Crippen molar-refractivity contribution in [2.45, 2.75) is 38.0 Å². The fourth-order valence-electron chi connectivity index (χ4n) is 3.64. The molecule has 0 N–H and O–H groups in total. The van der Waals surface area contributed by atoms with Crippen molar-refractivity contribution in [3.63, 3.8) is 0 Å². The van der Waals surface area contributed by atoms with Crippen LogP contribution in [0.1, 0.15) is 58.7 Å². The Morgan fingerprint density at radius 1 is 1.20 bits per heavy atom. The molecule has 6 nitrogen and oxygen atoms in total. The molecule has 2 saturated heterocycles. The lowest BCUT2D eigenvalue weighted by Crippen LogP contribution is -2.28. The van der Waals surface area contributed by atoms with Gasteiger partial charge >= 0.3 is 0 Å². The lowest BCUT2D eigenvalue weighted by molar-refractivity contribution is 0.0789. The van der Waals surface area contributed by atoms with E-state index in [4.69, 9.17) is 9.26 Å². The van der Waals surface area contributed by atoms with Crippen LogP contribution >= 0.6 is 0 Å². The number of carbonyl (C=O) groups is 1. The lowest BCUT2D eigenvalue weighted by atomic mass is 10.00. The van der Waals surface area contributed by atoms with Crippen molar-refractivity contribution < 1.29 is 14.1 Å². The molecule has 1 aromatic carbocycles. The van der Waals surface area contributed by atoms with Crippen LogP contribution in [0.2, 0.25) is 0 Å². The summed E-state index contributed by atoms with van der Waals surface area (Å²) in [6, 6.07) is 7.73. The monoisotopic (exact) mass is 341 g/mol. The highest BCUT2D eigenvalue weighted by Crippen LogP contribution is 2.30. The Balaban J connectivity index is 1.42. The molecule has 132 valence electrons. The van der Waals surface area contributed by atoms with Gasteiger partial charge in [-0.1, -0.05) is 22.9 Å². The summed E-state index contributed by atoms with van der Waals surface area (Å²) in [5.74, 6) is 2.01. The summed E-state index contributed by atoms with van der Waals surface area (Å²) < 4.78 is 10.9. The van der Waals surface area contributed by atoms with Crippen LogP contribution in [-0.4, -0.2) is 47.3 Å². The molecule has 1 atom stereocenters. The van der Waals surface area contributed by atoms with E-state index >= 15 is 0 Å². The molecule has 4 rings (SSSR count). The molecule has 1 amide bonds. The average Bonchev–Trinajstić information content (AvgIpc) is 3.31. The van der Waals surface area contributed by atoms with Gasteiger partial charge in [0.05, 0.1) is 5.92 Å². The molecule has 25 heavy (non-hydrogen) atoms. The van der Waals surface area contributed by atoms with Crippen molar-refractivity contribution >= 4 is 5.91 Å². The Kier molecular flexibility index (Phi) is 4.53. The minimum Gasteiger partial charge on any atom is -0.381 e. The SMILES string of the molecule is Cc1cccc(C(=O)N2CCC(c3nc(C4CCOCC4)no3)C2)c1. The standard InChI is InChI=1S/C19H23N3O3/c1-13-3-2-4-15(11-13)19(23)22-8-5-16(12-22)18-20-17(21-25-18)14-6-9-24-10-7-14/h2-4,11,14,16H,5-10,12H2,1H3. The second kappa shape index (κ2) is 6.96. The molecule has 2 aromatic rings. The molecule has 0 bridgehead atoms. The smallest absolute Gasteiger partial charge is 0.253 e. The fraction of sp³-hybridized carbons (Fsp3) is 0.526. The van der Waals surface area contributed by atoms with E-state index in [-0.39, 0.29) is 11.8 Å². The maximum absolute atomic E-state index is 12.7. The van der Waals surface area contributed by atoms with E-state index in [0.717, 1.165) is 56.0 Å². The number of ether oxygens (including phenoxy) is 1. The summed E-state index contributed by atoms with van der Waals surface area (Å²) in [6.45, 7) is 4.89. The van der Waals surface area contributed by atoms with Gasteiger partial charge in [0, 0.05) is 37.8 Å². The first-order valence-corrected chi connectivity index (χ1v) is 8.98. The Hall–Kier alpha value is -2.21. The van der Waals surface area contributed by atoms with Crippen molar-refractivity contribution in [2.75, 3.05) is 26.3 Å². The van der Waals surface area contributed by atoms with Gasteiger partial charge in [-0.3, -0.25) is 4.79 Å². The van der Waals surface area contributed by atoms with Crippen molar-refractivity contribution in [2.24, 2.45) is 0 Å². The maximum atomic E-state index is 12.7. The van der Waals surface area contributed by atoms with Gasteiger partial charge in [-0.2, -0.15) is 4.98 Å². The van der Waals surface area contributed by atoms with Gasteiger partial charge < -0.3 is 14.2 Å². The normalized spacial score (nSPS) is 21.6. The van der Waals surface area contributed by atoms with Crippen LogP contribution in [0.15, 0.2) is 28.8 Å². The van der Waals surface area contributed by atoms with Crippen molar-refractivity contribution in [1.82, 2.24) is 15.0 Å². The summed E-state index contributed by atoms with van der Waals surface area (Å²) in [7, 11) is 0. The van der Waals surface area contributed by atoms with E-state index in [1.165, 1.54) is 0 Å². The van der Waals surface area contributed by atoms with Gasteiger partial charge in [-0.15, -0.1) is 0 Å². The molecule has 0 saturated carbocycles. The van der Waals surface area contributed by atoms with Gasteiger partial charge in [0.15, 0.2) is 5.82 Å². The predicted octanol–water partition coefficient (Wildman–Crippen LogP) is 2.90. The van der Waals surface area contributed by atoms with E-state index in [9.17, 15) is 4.79 Å². The first kappa shape index (κ1) is 16.3. The van der Waals surface area contributed by atoms with Crippen LogP contribution in [0.4, 0.5) is 0 Å². The zero-order chi connectivity index (χ0) is 17.2. The Bertz CT molecular complexity index is 752. The lowest BCUT2D eigenvalue weighted by Gasteiger charge is -2.18. The van der Waals surface area contributed by atoms with Crippen LogP contribution in [-0.2, 0) is 4.74 Å². The Morgan fingerprint density at radius 2 is 2.04 bits per heavy atom. The first-order chi connectivity index (χ1) is 12.2. The molecule has 1 unspecified atom stereocenters. The van der Waals surface area contributed by atoms with E-state index < -0.39 is 0 Å². The number of benzene rings is 1. The zero-order valence-corrected chi connectivity index (χ0v) is 14.5. The summed E-state index contributed by atoms with van der Waals surface area (Å²) in [5.41, 5.74) is 1.84. The fourth-order valence-corrected chi connectivity index (χ4v) is 3.64. The third-order valence-electron chi connectivity index (χ3n) is 5.13. The van der Waals surface area contributed by atoms with Crippen LogP contribution in [0, 0.1) is 6.92 Å². The highest BCUT2D eigenvalue weighted by Gasteiger charge is 2.32. The third-order valence-corrected chi connectivity index (χ3v) is 5.13. The highest BCUT2D eigenvalue weighted by atomic mass is 16.5. The number of hydrogen-bond donors (Lipinski definition) is 0. The van der Waals surface area contributed by atoms with Gasteiger partial charge in [0.1, 0.15) is 0 Å². The van der Waals surface area contributed by atoms with Gasteiger partial charge in [-0.05, 0) is 38.3 Å². The number of amides is 1. The molecule has 0 aliphatic carbocycles. The maximum Gasteiger partial charge on any atom is 0.253 e. The summed E-state index contributed by atoms with van der Waals surface area (Å²) in [5, 5.41) is 4.18. The molecule has 2 aliphatic rings. The minimum absolute atomic E-state index is 0.0790. The zero-order valence-electron chi connectivity index (χ0n) is 14.5. The first-order valence-electron chi connectivity index (χ1n) is 8.98. The molecule has 2 aliphatic heterocycles. The van der Waals surface area contributed by atoms with E-state index in [0.29, 0.717) is 18.4 Å². The number of nitrogens with zero attached hydrogens (tertiary/aromatic N) is 3. The predicted molar refractivity (Wildman–Crippen MR) is 91.5 cm³/mol. The number of aromatic nitrogens is 2. The molecular weight excluding hydrogens is 318 g/mol. The van der Waals surface area contributed by atoms with Gasteiger partial charge in [0.25, 0.3) is 5.91 Å². The number of likely N-dealkylation sites (tertiary alicyclic amines) is 1. The van der Waals surface area contributed by atoms with E-state index in [1.54, 1.807) is 0 Å². The van der Waals surface area contributed by atoms with Crippen molar-refractivity contribution in [3.8, 4) is 0 Å². The molecular formula is C19H23N3O3. The quantitative estimate of drug-likeness (QED) is 0.858. The summed E-state index contributed by atoms with van der Waals surface area (Å²) in [6.07, 6.45) is 2.76. The van der Waals surface area contributed by atoms with Crippen LogP contribution < -0.4 is 0 Å². The number of carbonyl (C=O) groups excluding carboxylic acids is 1. The van der Waals surface area contributed by atoms with E-state index in [1.807, 2.05) is 36.1 Å². The largest absolute Gasteiger partial charge is 0.381 e. The molecule has 0 spiro atoms.